The van der Waals surface area contributed by atoms with Crippen molar-refractivity contribution < 1.29 is 22.7 Å². The molecule has 220 valence electrons. The van der Waals surface area contributed by atoms with Crippen LogP contribution in [0.4, 0.5) is 5.69 Å². The zero-order valence-electron chi connectivity index (χ0n) is 24.8. The molecule has 0 heterocycles. The van der Waals surface area contributed by atoms with Gasteiger partial charge < -0.3 is 15.0 Å². The van der Waals surface area contributed by atoms with Gasteiger partial charge in [0, 0.05) is 13.1 Å². The van der Waals surface area contributed by atoms with Gasteiger partial charge in [0.1, 0.15) is 18.3 Å². The summed E-state index contributed by atoms with van der Waals surface area (Å²) in [6.07, 6.45) is 1.74. The van der Waals surface area contributed by atoms with Crippen molar-refractivity contribution in [2.75, 3.05) is 24.5 Å². The summed E-state index contributed by atoms with van der Waals surface area (Å²) in [6, 6.07) is 18.4. The molecule has 2 amide bonds. The number of ether oxygens (including phenoxy) is 1. The number of aryl methyl sites for hydroxylation is 3. The first-order valence-electron chi connectivity index (χ1n) is 13.8. The van der Waals surface area contributed by atoms with Crippen LogP contribution in [0.2, 0.25) is 0 Å². The summed E-state index contributed by atoms with van der Waals surface area (Å²) >= 11 is 0. The molecule has 0 radical (unpaired) electrons. The normalized spacial score (nSPS) is 12.0. The zero-order valence-corrected chi connectivity index (χ0v) is 25.6. The maximum absolute atomic E-state index is 14.1. The average molecular weight is 580 g/mol. The van der Waals surface area contributed by atoms with E-state index in [2.05, 4.69) is 5.32 Å². The Kier molecular flexibility index (Phi) is 10.9. The number of nitrogens with one attached hydrogen (secondary N) is 1. The molecule has 8 nitrogen and oxygen atoms in total. The molecule has 1 N–H and O–H groups in total. The Morgan fingerprint density at radius 3 is 2.15 bits per heavy atom. The van der Waals surface area contributed by atoms with E-state index in [0.717, 1.165) is 39.4 Å². The molecule has 0 saturated carbocycles. The number of nitrogens with zero attached hydrogens (tertiary/aromatic N) is 2. The third kappa shape index (κ3) is 8.10. The average Bonchev–Trinajstić information content (AvgIpc) is 2.95. The summed E-state index contributed by atoms with van der Waals surface area (Å²) in [6.45, 7) is 9.48. The highest BCUT2D eigenvalue weighted by Gasteiger charge is 2.33. The number of sulfonamides is 1. The Morgan fingerprint density at radius 2 is 1.56 bits per heavy atom. The van der Waals surface area contributed by atoms with Crippen molar-refractivity contribution in [3.8, 4) is 5.75 Å². The summed E-state index contributed by atoms with van der Waals surface area (Å²) in [7, 11) is -2.54. The fourth-order valence-corrected chi connectivity index (χ4v) is 5.96. The fourth-order valence-electron chi connectivity index (χ4n) is 4.48. The van der Waals surface area contributed by atoms with E-state index in [9.17, 15) is 18.0 Å². The van der Waals surface area contributed by atoms with Gasteiger partial charge in [-0.05, 0) is 75.6 Å². The van der Waals surface area contributed by atoms with Gasteiger partial charge in [0.05, 0.1) is 17.7 Å². The summed E-state index contributed by atoms with van der Waals surface area (Å²) in [4.78, 5) is 28.7. The molecular formula is C32H41N3O5S. The maximum Gasteiger partial charge on any atom is 0.264 e. The maximum atomic E-state index is 14.1. The van der Waals surface area contributed by atoms with Crippen LogP contribution in [0.3, 0.4) is 0 Å². The fraction of sp³-hybridized carbons (Fsp3) is 0.375. The van der Waals surface area contributed by atoms with Crippen molar-refractivity contribution in [1.29, 1.82) is 0 Å². The number of benzene rings is 3. The summed E-state index contributed by atoms with van der Waals surface area (Å²) in [5, 5.41) is 2.90. The molecule has 0 unspecified atom stereocenters. The molecule has 0 aliphatic carbocycles. The van der Waals surface area contributed by atoms with Gasteiger partial charge in [-0.2, -0.15) is 0 Å². The second-order valence-electron chi connectivity index (χ2n) is 10.3. The summed E-state index contributed by atoms with van der Waals surface area (Å²) in [5.74, 6) is -0.114. The molecule has 9 heteroatoms. The van der Waals surface area contributed by atoms with Gasteiger partial charge in [0.2, 0.25) is 11.8 Å². The van der Waals surface area contributed by atoms with E-state index in [0.29, 0.717) is 18.0 Å². The number of hydrogen-bond donors (Lipinski definition) is 1. The second-order valence-corrected chi connectivity index (χ2v) is 12.2. The minimum absolute atomic E-state index is 0.0861. The van der Waals surface area contributed by atoms with Crippen LogP contribution in [-0.2, 0) is 26.2 Å². The van der Waals surface area contributed by atoms with Crippen LogP contribution in [0, 0.1) is 20.8 Å². The summed E-state index contributed by atoms with van der Waals surface area (Å²) < 4.78 is 34.4. The Balaban J connectivity index is 2.03. The lowest BCUT2D eigenvalue weighted by Gasteiger charge is -2.32. The van der Waals surface area contributed by atoms with Crippen LogP contribution in [0.15, 0.2) is 71.6 Å². The first-order valence-corrected chi connectivity index (χ1v) is 15.3. The van der Waals surface area contributed by atoms with Gasteiger partial charge in [0.15, 0.2) is 0 Å². The highest BCUT2D eigenvalue weighted by Crippen LogP contribution is 2.28. The number of carbonyl (C=O) groups is 2. The molecule has 0 aliphatic heterocycles. The topological polar surface area (TPSA) is 96.0 Å². The summed E-state index contributed by atoms with van der Waals surface area (Å²) in [5.41, 5.74) is 3.82. The van der Waals surface area contributed by atoms with Gasteiger partial charge in [-0.3, -0.25) is 13.9 Å². The van der Waals surface area contributed by atoms with E-state index < -0.39 is 28.5 Å². The van der Waals surface area contributed by atoms with Gasteiger partial charge in [-0.15, -0.1) is 0 Å². The highest BCUT2D eigenvalue weighted by molar-refractivity contribution is 7.92. The lowest BCUT2D eigenvalue weighted by Crippen LogP contribution is -2.51. The third-order valence-corrected chi connectivity index (χ3v) is 8.79. The quantitative estimate of drug-likeness (QED) is 0.283. The van der Waals surface area contributed by atoms with Gasteiger partial charge in [0.25, 0.3) is 10.0 Å². The van der Waals surface area contributed by atoms with E-state index in [1.54, 1.807) is 56.5 Å². The molecule has 0 aromatic heterocycles. The molecule has 0 fully saturated rings. The van der Waals surface area contributed by atoms with Crippen LogP contribution in [0.1, 0.15) is 48.9 Å². The molecule has 41 heavy (non-hydrogen) atoms. The van der Waals surface area contributed by atoms with Crippen LogP contribution in [0.25, 0.3) is 0 Å². The molecular weight excluding hydrogens is 538 g/mol. The lowest BCUT2D eigenvalue weighted by atomic mass is 10.1. The van der Waals surface area contributed by atoms with E-state index >= 15 is 0 Å². The van der Waals surface area contributed by atoms with Crippen molar-refractivity contribution in [2.45, 2.75) is 64.9 Å². The molecule has 1 atom stereocenters. The number of methoxy groups -OCH3 is 1. The first-order chi connectivity index (χ1) is 19.5. The van der Waals surface area contributed by atoms with Crippen LogP contribution >= 0.6 is 0 Å². The third-order valence-electron chi connectivity index (χ3n) is 7.02. The molecule has 3 rings (SSSR count). The standard InChI is InChI=1S/C32H41N3O5S/c1-7-8-19-33-32(37)26(5)34(21-27-12-14-28(40-6)15-13-27)31(36)22-35(30-18-11-24(3)20-25(30)4)41(38,39)29-16-9-23(2)10-17-29/h9-18,20,26H,7-8,19,21-22H2,1-6H3,(H,33,37)/t26-/m0/s1. The van der Waals surface area contributed by atoms with Crippen molar-refractivity contribution in [3.63, 3.8) is 0 Å². The Morgan fingerprint density at radius 1 is 0.927 bits per heavy atom. The Labute approximate surface area is 244 Å². The lowest BCUT2D eigenvalue weighted by molar-refractivity contribution is -0.139. The Bertz CT molecular complexity index is 1440. The molecule has 0 spiro atoms. The number of hydrogen-bond acceptors (Lipinski definition) is 5. The van der Waals surface area contributed by atoms with Crippen molar-refractivity contribution in [1.82, 2.24) is 10.2 Å². The SMILES string of the molecule is CCCCNC(=O)[C@H](C)N(Cc1ccc(OC)cc1)C(=O)CN(c1ccc(C)cc1C)S(=O)(=O)c1ccc(C)cc1. The largest absolute Gasteiger partial charge is 0.497 e. The minimum Gasteiger partial charge on any atom is -0.497 e. The van der Waals surface area contributed by atoms with Gasteiger partial charge in [-0.25, -0.2) is 8.42 Å². The molecule has 0 aliphatic rings. The molecule has 0 bridgehead atoms. The predicted octanol–water partition coefficient (Wildman–Crippen LogP) is 5.15. The van der Waals surface area contributed by atoms with Crippen LogP contribution in [-0.4, -0.2) is 51.4 Å². The van der Waals surface area contributed by atoms with E-state index in [1.165, 1.54) is 4.90 Å². The number of unbranched alkanes of at least 4 members (excludes halogenated alkanes) is 1. The zero-order chi connectivity index (χ0) is 30.2. The first kappa shape index (κ1) is 31.7. The minimum atomic E-state index is -4.11. The number of anilines is 1. The van der Waals surface area contributed by atoms with Gasteiger partial charge in [-0.1, -0.05) is 60.9 Å². The molecule has 3 aromatic carbocycles. The van der Waals surface area contributed by atoms with E-state index in [1.807, 2.05) is 52.0 Å². The van der Waals surface area contributed by atoms with Crippen LogP contribution in [0.5, 0.6) is 5.75 Å². The van der Waals surface area contributed by atoms with Crippen molar-refractivity contribution in [3.05, 3.63) is 89.0 Å². The number of carbonyl (C=O) groups excluding carboxylic acids is 2. The van der Waals surface area contributed by atoms with Crippen molar-refractivity contribution >= 4 is 27.5 Å². The number of amides is 2. The highest BCUT2D eigenvalue weighted by atomic mass is 32.2. The molecule has 0 saturated heterocycles. The van der Waals surface area contributed by atoms with E-state index in [4.69, 9.17) is 4.74 Å². The molecule has 3 aromatic rings. The monoisotopic (exact) mass is 579 g/mol. The van der Waals surface area contributed by atoms with E-state index in [-0.39, 0.29) is 17.3 Å². The van der Waals surface area contributed by atoms with Gasteiger partial charge >= 0.3 is 0 Å². The predicted molar refractivity (Wildman–Crippen MR) is 163 cm³/mol. The number of rotatable bonds is 13. The Hall–Kier alpha value is -3.85. The van der Waals surface area contributed by atoms with Crippen LogP contribution < -0.4 is 14.4 Å². The van der Waals surface area contributed by atoms with Crippen molar-refractivity contribution in [2.24, 2.45) is 0 Å². The second kappa shape index (κ2) is 14.2. The smallest absolute Gasteiger partial charge is 0.264 e.